The maximum Gasteiger partial charge on any atom is 0.143 e. The van der Waals surface area contributed by atoms with E-state index in [1.54, 1.807) is 0 Å². The minimum absolute atomic E-state index is 0.751. The van der Waals surface area contributed by atoms with Crippen LogP contribution in [-0.4, -0.2) is 14.8 Å². The fourth-order valence-corrected chi connectivity index (χ4v) is 5.12. The molecule has 0 spiro atoms. The first-order valence-electron chi connectivity index (χ1n) is 6.83. The maximum absolute atomic E-state index is 4.48. The molecule has 4 heteroatoms. The van der Waals surface area contributed by atoms with Crippen LogP contribution in [0.5, 0.6) is 0 Å². The molecule has 3 saturated carbocycles. The molecular formula is C13H18BrN3. The van der Waals surface area contributed by atoms with Crippen molar-refractivity contribution < 1.29 is 0 Å². The van der Waals surface area contributed by atoms with Gasteiger partial charge in [-0.3, -0.25) is 0 Å². The summed E-state index contributed by atoms with van der Waals surface area (Å²) in [4.78, 5) is 0. The molecule has 1 aromatic rings. The third-order valence-electron chi connectivity index (χ3n) is 5.33. The Labute approximate surface area is 110 Å². The molecule has 3 fully saturated rings. The lowest BCUT2D eigenvalue weighted by Gasteiger charge is -2.10. The highest BCUT2D eigenvalue weighted by molar-refractivity contribution is 9.08. The molecule has 0 N–H and O–H groups in total. The lowest BCUT2D eigenvalue weighted by Crippen LogP contribution is -2.07. The summed E-state index contributed by atoms with van der Waals surface area (Å²) in [5.74, 6) is 7.10. The summed E-state index contributed by atoms with van der Waals surface area (Å²) in [6.45, 7) is 3.21. The molecule has 17 heavy (non-hydrogen) atoms. The van der Waals surface area contributed by atoms with Crippen molar-refractivity contribution in [3.05, 3.63) is 11.6 Å². The molecule has 0 amide bonds. The highest BCUT2D eigenvalue weighted by Gasteiger charge is 2.66. The number of rotatable bonds is 3. The van der Waals surface area contributed by atoms with Gasteiger partial charge in [0.15, 0.2) is 0 Å². The summed E-state index contributed by atoms with van der Waals surface area (Å²) in [5, 5.41) is 9.63. The molecule has 3 aliphatic rings. The Morgan fingerprint density at radius 2 is 1.94 bits per heavy atom. The molecule has 1 aromatic heterocycles. The van der Waals surface area contributed by atoms with Crippen LogP contribution >= 0.6 is 15.9 Å². The van der Waals surface area contributed by atoms with Crippen LogP contribution < -0.4 is 0 Å². The number of hydrogen-bond donors (Lipinski definition) is 0. The monoisotopic (exact) mass is 295 g/mol. The second-order valence-corrected chi connectivity index (χ2v) is 6.43. The van der Waals surface area contributed by atoms with Crippen LogP contribution in [-0.2, 0) is 11.9 Å². The van der Waals surface area contributed by atoms with Crippen molar-refractivity contribution in [1.82, 2.24) is 14.8 Å². The first-order chi connectivity index (χ1) is 8.35. The topological polar surface area (TPSA) is 30.7 Å². The number of hydrogen-bond acceptors (Lipinski definition) is 2. The van der Waals surface area contributed by atoms with E-state index in [9.17, 15) is 0 Å². The van der Waals surface area contributed by atoms with Gasteiger partial charge in [0.1, 0.15) is 11.6 Å². The van der Waals surface area contributed by atoms with Crippen LogP contribution in [0.4, 0.5) is 0 Å². The van der Waals surface area contributed by atoms with Gasteiger partial charge in [-0.2, -0.15) is 0 Å². The standard InChI is InChI=1S/C13H18BrN3/c1-2-17-9(6-14)15-16-13(17)12-10-7-3-4-8(5-7)11(10)12/h7-8,10-12H,2-6H2,1H3. The van der Waals surface area contributed by atoms with E-state index in [0.29, 0.717) is 0 Å². The zero-order valence-electron chi connectivity index (χ0n) is 10.1. The number of nitrogens with zero attached hydrogens (tertiary/aromatic N) is 3. The second kappa shape index (κ2) is 3.56. The van der Waals surface area contributed by atoms with Crippen molar-refractivity contribution in [2.75, 3.05) is 0 Å². The number of alkyl halides is 1. The van der Waals surface area contributed by atoms with Gasteiger partial charge in [-0.1, -0.05) is 15.9 Å². The second-order valence-electron chi connectivity index (χ2n) is 5.87. The quantitative estimate of drug-likeness (QED) is 0.803. The van der Waals surface area contributed by atoms with E-state index in [2.05, 4.69) is 37.6 Å². The molecule has 3 aliphatic carbocycles. The molecule has 92 valence electrons. The Balaban J connectivity index is 1.67. The summed E-state index contributed by atoms with van der Waals surface area (Å²) in [6, 6.07) is 0. The first-order valence-corrected chi connectivity index (χ1v) is 7.95. The van der Waals surface area contributed by atoms with Crippen molar-refractivity contribution >= 4 is 15.9 Å². The van der Waals surface area contributed by atoms with E-state index < -0.39 is 0 Å². The van der Waals surface area contributed by atoms with Gasteiger partial charge in [0.2, 0.25) is 0 Å². The van der Waals surface area contributed by atoms with Crippen molar-refractivity contribution in [2.45, 2.75) is 44.0 Å². The predicted octanol–water partition coefficient (Wildman–Crippen LogP) is 2.95. The van der Waals surface area contributed by atoms with Gasteiger partial charge < -0.3 is 4.57 Å². The van der Waals surface area contributed by atoms with Gasteiger partial charge in [-0.05, 0) is 49.9 Å². The van der Waals surface area contributed by atoms with Crippen LogP contribution in [0.25, 0.3) is 0 Å². The van der Waals surface area contributed by atoms with E-state index in [4.69, 9.17) is 0 Å². The van der Waals surface area contributed by atoms with Crippen LogP contribution in [0.1, 0.15) is 43.8 Å². The van der Waals surface area contributed by atoms with E-state index in [-0.39, 0.29) is 0 Å². The Kier molecular flexibility index (Phi) is 2.21. The van der Waals surface area contributed by atoms with Crippen molar-refractivity contribution in [1.29, 1.82) is 0 Å². The predicted molar refractivity (Wildman–Crippen MR) is 68.9 cm³/mol. The molecule has 0 radical (unpaired) electrons. The SMILES string of the molecule is CCn1c(CBr)nnc1C1C2C3CCC(C3)C12. The third kappa shape index (κ3) is 1.28. The van der Waals surface area contributed by atoms with Crippen molar-refractivity contribution in [3.8, 4) is 0 Å². The minimum Gasteiger partial charge on any atom is -0.314 e. The maximum atomic E-state index is 4.48. The van der Waals surface area contributed by atoms with E-state index in [1.807, 2.05) is 0 Å². The summed E-state index contributed by atoms with van der Waals surface area (Å²) < 4.78 is 2.33. The zero-order chi connectivity index (χ0) is 11.6. The first kappa shape index (κ1) is 10.5. The van der Waals surface area contributed by atoms with Crippen LogP contribution in [0.2, 0.25) is 0 Å². The summed E-state index contributed by atoms with van der Waals surface area (Å²) >= 11 is 3.51. The van der Waals surface area contributed by atoms with E-state index >= 15 is 0 Å². The molecule has 3 nitrogen and oxygen atoms in total. The lowest BCUT2D eigenvalue weighted by atomic mass is 10.0. The largest absolute Gasteiger partial charge is 0.314 e. The molecule has 2 bridgehead atoms. The third-order valence-corrected chi connectivity index (χ3v) is 5.83. The van der Waals surface area contributed by atoms with Gasteiger partial charge >= 0.3 is 0 Å². The van der Waals surface area contributed by atoms with Gasteiger partial charge in [-0.25, -0.2) is 0 Å². The van der Waals surface area contributed by atoms with Crippen LogP contribution in [0, 0.1) is 23.7 Å². The van der Waals surface area contributed by atoms with Crippen LogP contribution in [0.3, 0.4) is 0 Å². The molecule has 0 saturated heterocycles. The Bertz CT molecular complexity index is 440. The molecule has 4 unspecified atom stereocenters. The smallest absolute Gasteiger partial charge is 0.143 e. The molecule has 1 heterocycles. The fourth-order valence-electron chi connectivity index (χ4n) is 4.71. The number of aromatic nitrogens is 3. The number of fused-ring (bicyclic) bond motifs is 5. The van der Waals surface area contributed by atoms with Gasteiger partial charge in [0.25, 0.3) is 0 Å². The molecule has 4 atom stereocenters. The van der Waals surface area contributed by atoms with Crippen molar-refractivity contribution in [2.24, 2.45) is 23.7 Å². The highest BCUT2D eigenvalue weighted by Crippen LogP contribution is 2.72. The van der Waals surface area contributed by atoms with Gasteiger partial charge in [0.05, 0.1) is 5.33 Å². The average Bonchev–Trinajstić information content (AvgIpc) is 2.75. The van der Waals surface area contributed by atoms with Gasteiger partial charge in [0, 0.05) is 12.5 Å². The Hall–Kier alpha value is -0.380. The fraction of sp³-hybridized carbons (Fsp3) is 0.846. The van der Waals surface area contributed by atoms with Crippen molar-refractivity contribution in [3.63, 3.8) is 0 Å². The summed E-state index contributed by atoms with van der Waals surface area (Å²) in [7, 11) is 0. The lowest BCUT2D eigenvalue weighted by molar-refractivity contribution is 0.456. The van der Waals surface area contributed by atoms with Crippen LogP contribution in [0.15, 0.2) is 0 Å². The van der Waals surface area contributed by atoms with Gasteiger partial charge in [-0.15, -0.1) is 10.2 Å². The summed E-state index contributed by atoms with van der Waals surface area (Å²) in [5.41, 5.74) is 0. The highest BCUT2D eigenvalue weighted by atomic mass is 79.9. The molecule has 0 aliphatic heterocycles. The Morgan fingerprint density at radius 1 is 1.24 bits per heavy atom. The normalized spacial score (nSPS) is 41.9. The molecule has 4 rings (SSSR count). The average molecular weight is 296 g/mol. The van der Waals surface area contributed by atoms with E-state index in [0.717, 1.165) is 47.3 Å². The minimum atomic E-state index is 0.751. The zero-order valence-corrected chi connectivity index (χ0v) is 11.7. The number of halogens is 1. The molecular weight excluding hydrogens is 278 g/mol. The summed E-state index contributed by atoms with van der Waals surface area (Å²) in [6.07, 6.45) is 4.47. The Morgan fingerprint density at radius 3 is 2.53 bits per heavy atom. The van der Waals surface area contributed by atoms with E-state index in [1.165, 1.54) is 25.1 Å². The molecule has 0 aromatic carbocycles.